The highest BCUT2D eigenvalue weighted by molar-refractivity contribution is 6.01. The number of para-hydroxylation sites is 1. The maximum Gasteiger partial charge on any atom is 0.276 e. The summed E-state index contributed by atoms with van der Waals surface area (Å²) in [6.45, 7) is 2.68. The lowest BCUT2D eigenvalue weighted by Gasteiger charge is -2.44. The Bertz CT molecular complexity index is 1280. The molecule has 2 aliphatic heterocycles. The topological polar surface area (TPSA) is 102 Å². The van der Waals surface area contributed by atoms with Gasteiger partial charge >= 0.3 is 0 Å². The normalized spacial score (nSPS) is 20.4. The molecular weight excluding hydrogens is 398 g/mol. The standard InChI is InChI=1S/C23H21N3O5/c1-13-6-7-31-19-12-25-11-16(21(28)22(29)20(25)23(30)26(13)19)18(27)9-14-8-15-4-2-3-5-17(15)24-10-14/h2-5,8,10-11,13,19,29H,6-7,9,12H2,1H3/t13-,19+/m1/s1. The smallest absolute Gasteiger partial charge is 0.276 e. The molecular formula is C23H21N3O5. The molecule has 1 amide bonds. The van der Waals surface area contributed by atoms with Crippen molar-refractivity contribution in [3.8, 4) is 5.75 Å². The van der Waals surface area contributed by atoms with E-state index in [4.69, 9.17) is 4.74 Å². The van der Waals surface area contributed by atoms with Gasteiger partial charge in [-0.1, -0.05) is 18.2 Å². The van der Waals surface area contributed by atoms with Gasteiger partial charge in [-0.3, -0.25) is 19.4 Å². The van der Waals surface area contributed by atoms with E-state index in [1.807, 2.05) is 37.3 Å². The van der Waals surface area contributed by atoms with Crippen LogP contribution in [0, 0.1) is 0 Å². The molecule has 1 saturated heterocycles. The van der Waals surface area contributed by atoms with Gasteiger partial charge in [0.2, 0.25) is 5.43 Å². The van der Waals surface area contributed by atoms with Gasteiger partial charge in [0.15, 0.2) is 23.5 Å². The predicted molar refractivity (Wildman–Crippen MR) is 112 cm³/mol. The summed E-state index contributed by atoms with van der Waals surface area (Å²) >= 11 is 0. The first-order chi connectivity index (χ1) is 14.9. The number of carbonyl (C=O) groups excluding carboxylic acids is 2. The third-order valence-electron chi connectivity index (χ3n) is 5.99. The first-order valence-electron chi connectivity index (χ1n) is 10.2. The number of amides is 1. The highest BCUT2D eigenvalue weighted by Crippen LogP contribution is 2.29. The van der Waals surface area contributed by atoms with Gasteiger partial charge in [0.25, 0.3) is 5.91 Å². The number of pyridine rings is 2. The van der Waals surface area contributed by atoms with Crippen LogP contribution in [0.4, 0.5) is 0 Å². The fourth-order valence-electron chi connectivity index (χ4n) is 4.35. The van der Waals surface area contributed by atoms with Crippen LogP contribution in [0.15, 0.2) is 47.5 Å². The number of Topliss-reactive ketones (excluding diaryl/α,β-unsaturated/α-hetero) is 1. The van der Waals surface area contributed by atoms with Crippen molar-refractivity contribution in [1.29, 1.82) is 0 Å². The molecule has 8 heteroatoms. The molecule has 2 aromatic heterocycles. The minimum atomic E-state index is -0.831. The fraction of sp³-hybridized carbons (Fsp3) is 0.304. The van der Waals surface area contributed by atoms with Gasteiger partial charge in [0.1, 0.15) is 0 Å². The molecule has 0 aliphatic carbocycles. The lowest BCUT2D eigenvalue weighted by Crippen LogP contribution is -2.57. The third kappa shape index (κ3) is 3.19. The van der Waals surface area contributed by atoms with Crippen molar-refractivity contribution in [3.63, 3.8) is 0 Å². The minimum Gasteiger partial charge on any atom is -0.503 e. The van der Waals surface area contributed by atoms with Crippen LogP contribution in [0.3, 0.4) is 0 Å². The number of carbonyl (C=O) groups is 2. The fourth-order valence-corrected chi connectivity index (χ4v) is 4.35. The summed E-state index contributed by atoms with van der Waals surface area (Å²) in [4.78, 5) is 44.6. The molecule has 4 heterocycles. The van der Waals surface area contributed by atoms with E-state index in [0.29, 0.717) is 18.6 Å². The van der Waals surface area contributed by atoms with Gasteiger partial charge in [-0.25, -0.2) is 0 Å². The summed E-state index contributed by atoms with van der Waals surface area (Å²) < 4.78 is 7.18. The molecule has 158 valence electrons. The van der Waals surface area contributed by atoms with Crippen molar-refractivity contribution in [1.82, 2.24) is 14.5 Å². The van der Waals surface area contributed by atoms with Crippen LogP contribution < -0.4 is 5.43 Å². The van der Waals surface area contributed by atoms with E-state index in [-0.39, 0.29) is 30.3 Å². The van der Waals surface area contributed by atoms with Crippen molar-refractivity contribution in [3.05, 3.63) is 69.8 Å². The Morgan fingerprint density at radius 1 is 1.29 bits per heavy atom. The van der Waals surface area contributed by atoms with Crippen molar-refractivity contribution in [2.45, 2.75) is 38.6 Å². The zero-order valence-electron chi connectivity index (χ0n) is 16.9. The Morgan fingerprint density at radius 3 is 2.94 bits per heavy atom. The average molecular weight is 419 g/mol. The molecule has 0 radical (unpaired) electrons. The molecule has 1 N–H and O–H groups in total. The number of benzene rings is 1. The van der Waals surface area contributed by atoms with E-state index < -0.39 is 29.1 Å². The van der Waals surface area contributed by atoms with Crippen LogP contribution in [0.25, 0.3) is 10.9 Å². The summed E-state index contributed by atoms with van der Waals surface area (Å²) in [7, 11) is 0. The van der Waals surface area contributed by atoms with Gasteiger partial charge in [-0.15, -0.1) is 0 Å². The van der Waals surface area contributed by atoms with E-state index >= 15 is 0 Å². The Kier molecular flexibility index (Phi) is 4.59. The zero-order chi connectivity index (χ0) is 21.7. The molecule has 3 aromatic rings. The maximum absolute atomic E-state index is 13.0. The SMILES string of the molecule is C[C@@H]1CCO[C@H]2Cn3cc(C(=O)Cc4cnc5ccccc5c4)c(=O)c(O)c3C(=O)N12. The average Bonchev–Trinajstić information content (AvgIpc) is 2.76. The number of rotatable bonds is 3. The number of hydrogen-bond acceptors (Lipinski definition) is 6. The van der Waals surface area contributed by atoms with Crippen LogP contribution in [0.1, 0.15) is 39.8 Å². The molecule has 1 fully saturated rings. The van der Waals surface area contributed by atoms with Gasteiger partial charge < -0.3 is 19.3 Å². The molecule has 0 unspecified atom stereocenters. The van der Waals surface area contributed by atoms with Crippen molar-refractivity contribution in [2.24, 2.45) is 0 Å². The predicted octanol–water partition coefficient (Wildman–Crippen LogP) is 2.12. The first-order valence-corrected chi connectivity index (χ1v) is 10.2. The number of aromatic hydroxyl groups is 1. The Morgan fingerprint density at radius 2 is 2.10 bits per heavy atom. The molecule has 8 nitrogen and oxygen atoms in total. The summed E-state index contributed by atoms with van der Waals surface area (Å²) in [5, 5.41) is 11.4. The van der Waals surface area contributed by atoms with E-state index in [2.05, 4.69) is 4.98 Å². The van der Waals surface area contributed by atoms with E-state index in [9.17, 15) is 19.5 Å². The van der Waals surface area contributed by atoms with Crippen molar-refractivity contribution >= 4 is 22.6 Å². The van der Waals surface area contributed by atoms with Gasteiger partial charge in [0, 0.05) is 30.2 Å². The second-order valence-electron chi connectivity index (χ2n) is 8.03. The van der Waals surface area contributed by atoms with Crippen LogP contribution in [-0.2, 0) is 17.7 Å². The summed E-state index contributed by atoms with van der Waals surface area (Å²) in [5.41, 5.74) is 0.399. The number of ketones is 1. The van der Waals surface area contributed by atoms with Crippen LogP contribution in [0.2, 0.25) is 0 Å². The first kappa shape index (κ1) is 19.4. The number of nitrogens with zero attached hydrogens (tertiary/aromatic N) is 3. The summed E-state index contributed by atoms with van der Waals surface area (Å²) in [6.07, 6.45) is 3.13. The maximum atomic E-state index is 13.0. The quantitative estimate of drug-likeness (QED) is 0.653. The molecule has 5 rings (SSSR count). The molecule has 0 spiro atoms. The lowest BCUT2D eigenvalue weighted by molar-refractivity contribution is -0.112. The molecule has 0 bridgehead atoms. The molecule has 2 aliphatic rings. The second-order valence-corrected chi connectivity index (χ2v) is 8.03. The van der Waals surface area contributed by atoms with Crippen LogP contribution in [0.5, 0.6) is 5.75 Å². The van der Waals surface area contributed by atoms with Crippen LogP contribution >= 0.6 is 0 Å². The largest absolute Gasteiger partial charge is 0.503 e. The van der Waals surface area contributed by atoms with Gasteiger partial charge in [0.05, 0.1) is 24.2 Å². The van der Waals surface area contributed by atoms with Gasteiger partial charge in [-0.05, 0) is 31.0 Å². The van der Waals surface area contributed by atoms with E-state index in [1.54, 1.807) is 11.1 Å². The van der Waals surface area contributed by atoms with Crippen molar-refractivity contribution < 1.29 is 19.4 Å². The van der Waals surface area contributed by atoms with E-state index in [0.717, 1.165) is 10.9 Å². The number of hydrogen-bond donors (Lipinski definition) is 1. The highest BCUT2D eigenvalue weighted by Gasteiger charge is 2.40. The Balaban J connectivity index is 1.50. The zero-order valence-corrected chi connectivity index (χ0v) is 16.9. The summed E-state index contributed by atoms with van der Waals surface area (Å²) in [5.74, 6) is -1.60. The second kappa shape index (κ2) is 7.31. The molecule has 1 aromatic carbocycles. The minimum absolute atomic E-state index is 0.0388. The third-order valence-corrected chi connectivity index (χ3v) is 5.99. The van der Waals surface area contributed by atoms with Crippen LogP contribution in [-0.4, -0.2) is 50.1 Å². The molecule has 31 heavy (non-hydrogen) atoms. The van der Waals surface area contributed by atoms with Gasteiger partial charge in [-0.2, -0.15) is 0 Å². The van der Waals surface area contributed by atoms with Crippen molar-refractivity contribution in [2.75, 3.05) is 6.61 Å². The monoisotopic (exact) mass is 419 g/mol. The highest BCUT2D eigenvalue weighted by atomic mass is 16.5. The summed E-state index contributed by atoms with van der Waals surface area (Å²) in [6, 6.07) is 9.35. The number of ether oxygens (including phenoxy) is 1. The number of aromatic nitrogens is 2. The number of fused-ring (bicyclic) bond motifs is 3. The molecule has 2 atom stereocenters. The van der Waals surface area contributed by atoms with E-state index in [1.165, 1.54) is 10.8 Å². The molecule has 0 saturated carbocycles. The Labute approximate surface area is 177 Å². The lowest BCUT2D eigenvalue weighted by atomic mass is 10.0. The Hall–Kier alpha value is -3.52.